The van der Waals surface area contributed by atoms with Crippen LogP contribution in [0, 0.1) is 0 Å². The van der Waals surface area contributed by atoms with Crippen LogP contribution in [0.2, 0.25) is 0 Å². The third kappa shape index (κ3) is 3.46. The number of hydrogen-bond donors (Lipinski definition) is 0. The van der Waals surface area contributed by atoms with Crippen LogP contribution in [0.4, 0.5) is 13.2 Å². The normalized spacial score (nSPS) is 11.9. The fourth-order valence-electron chi connectivity index (χ4n) is 2.61. The molecule has 27 heavy (non-hydrogen) atoms. The number of rotatable bonds is 4. The summed E-state index contributed by atoms with van der Waals surface area (Å²) < 4.78 is 51.0. The third-order valence-corrected chi connectivity index (χ3v) is 3.81. The van der Waals surface area contributed by atoms with E-state index in [-0.39, 0.29) is 22.9 Å². The summed E-state index contributed by atoms with van der Waals surface area (Å²) in [5.41, 5.74) is 0.497. The number of oxazole rings is 1. The molecule has 0 unspecified atom stereocenters. The number of benzene rings is 1. The fourth-order valence-corrected chi connectivity index (χ4v) is 2.61. The first-order valence-corrected chi connectivity index (χ1v) is 7.82. The van der Waals surface area contributed by atoms with Gasteiger partial charge in [0.2, 0.25) is 0 Å². The summed E-state index contributed by atoms with van der Waals surface area (Å²) in [4.78, 5) is 8.27. The zero-order chi connectivity index (χ0) is 19.0. The molecule has 0 radical (unpaired) electrons. The number of aryl methyl sites for hydroxylation is 1. The minimum absolute atomic E-state index is 0.0649. The highest BCUT2D eigenvalue weighted by molar-refractivity contribution is 5.72. The van der Waals surface area contributed by atoms with E-state index in [4.69, 9.17) is 8.94 Å². The van der Waals surface area contributed by atoms with E-state index in [0.717, 1.165) is 24.1 Å². The molecule has 0 aliphatic carbocycles. The molecule has 0 aliphatic rings. The van der Waals surface area contributed by atoms with Gasteiger partial charge in [-0.1, -0.05) is 17.3 Å². The van der Waals surface area contributed by atoms with E-state index in [1.165, 1.54) is 12.1 Å². The quantitative estimate of drug-likeness (QED) is 0.540. The van der Waals surface area contributed by atoms with Gasteiger partial charge in [-0.05, 0) is 17.7 Å². The van der Waals surface area contributed by atoms with Crippen molar-refractivity contribution >= 4 is 0 Å². The summed E-state index contributed by atoms with van der Waals surface area (Å²) in [6, 6.07) is 4.76. The minimum atomic E-state index is -4.46. The maximum absolute atomic E-state index is 13.0. The smallest absolute Gasteiger partial charge is 0.416 e. The molecule has 0 atom stereocenters. The van der Waals surface area contributed by atoms with Crippen LogP contribution in [-0.2, 0) is 19.6 Å². The number of hydrogen-bond acceptors (Lipinski definition) is 6. The molecule has 7 nitrogen and oxygen atoms in total. The molecule has 3 heterocycles. The van der Waals surface area contributed by atoms with Crippen LogP contribution in [0.1, 0.15) is 17.0 Å². The summed E-state index contributed by atoms with van der Waals surface area (Å²) in [5.74, 6) is 0.587. The number of nitrogens with zero attached hydrogens (tertiary/aromatic N) is 5. The Kier molecular flexibility index (Phi) is 4.02. The summed E-state index contributed by atoms with van der Waals surface area (Å²) in [7, 11) is 1.79. The Morgan fingerprint density at radius 2 is 2.07 bits per heavy atom. The van der Waals surface area contributed by atoms with Gasteiger partial charge in [-0.2, -0.15) is 23.3 Å². The molecule has 0 aliphatic heterocycles. The highest BCUT2D eigenvalue weighted by Gasteiger charge is 2.31. The molecule has 0 bridgehead atoms. The Balaban J connectivity index is 1.65. The van der Waals surface area contributed by atoms with E-state index in [9.17, 15) is 13.2 Å². The Labute approximate surface area is 150 Å². The van der Waals surface area contributed by atoms with Crippen LogP contribution in [0.3, 0.4) is 0 Å². The maximum Gasteiger partial charge on any atom is 0.416 e. The Morgan fingerprint density at radius 3 is 2.81 bits per heavy atom. The van der Waals surface area contributed by atoms with Crippen molar-refractivity contribution in [2.45, 2.75) is 12.6 Å². The molecule has 0 amide bonds. The van der Waals surface area contributed by atoms with Gasteiger partial charge in [-0.25, -0.2) is 4.98 Å². The summed E-state index contributed by atoms with van der Waals surface area (Å²) >= 11 is 0. The predicted octanol–water partition coefficient (Wildman–Crippen LogP) is 3.73. The first-order valence-electron chi connectivity index (χ1n) is 7.82. The van der Waals surface area contributed by atoms with E-state index in [1.807, 2.05) is 6.20 Å². The molecular formula is C17H12F3N5O2. The Hall–Kier alpha value is -3.43. The van der Waals surface area contributed by atoms with Crippen molar-refractivity contribution in [3.05, 3.63) is 60.0 Å². The molecule has 4 aromatic rings. The summed E-state index contributed by atoms with van der Waals surface area (Å²) in [5, 5.41) is 7.95. The van der Waals surface area contributed by atoms with Gasteiger partial charge in [0.15, 0.2) is 23.7 Å². The van der Waals surface area contributed by atoms with Gasteiger partial charge in [-0.15, -0.1) is 0 Å². The molecule has 0 saturated heterocycles. The summed E-state index contributed by atoms with van der Waals surface area (Å²) in [6.07, 6.45) is 0.558. The lowest BCUT2D eigenvalue weighted by atomic mass is 10.1. The van der Waals surface area contributed by atoms with Gasteiger partial charge >= 0.3 is 6.18 Å². The molecule has 4 rings (SSSR count). The standard InChI is InChI=1S/C17H12F3N5O2/c1-25-8-10(7-22-25)5-13-23-16(27-24-13)14-15(26-9-21-14)11-3-2-4-12(6-11)17(18,19)20/h2-4,6-9H,5H2,1H3. The lowest BCUT2D eigenvalue weighted by Gasteiger charge is -2.07. The zero-order valence-corrected chi connectivity index (χ0v) is 13.9. The molecule has 3 aromatic heterocycles. The van der Waals surface area contributed by atoms with E-state index in [0.29, 0.717) is 12.2 Å². The van der Waals surface area contributed by atoms with E-state index in [1.54, 1.807) is 17.9 Å². The Morgan fingerprint density at radius 1 is 1.22 bits per heavy atom. The minimum Gasteiger partial charge on any atom is -0.443 e. The molecular weight excluding hydrogens is 363 g/mol. The average Bonchev–Trinajstić information content (AvgIpc) is 3.35. The third-order valence-electron chi connectivity index (χ3n) is 3.81. The molecule has 10 heteroatoms. The molecule has 0 saturated carbocycles. The molecule has 0 fully saturated rings. The molecule has 0 spiro atoms. The van der Waals surface area contributed by atoms with E-state index in [2.05, 4.69) is 20.2 Å². The van der Waals surface area contributed by atoms with Crippen molar-refractivity contribution < 1.29 is 22.1 Å². The number of halogens is 3. The molecule has 0 N–H and O–H groups in total. The van der Waals surface area contributed by atoms with Crippen LogP contribution >= 0.6 is 0 Å². The predicted molar refractivity (Wildman–Crippen MR) is 86.2 cm³/mol. The van der Waals surface area contributed by atoms with Gasteiger partial charge in [0, 0.05) is 25.2 Å². The second-order valence-corrected chi connectivity index (χ2v) is 5.82. The number of aromatic nitrogens is 5. The van der Waals surface area contributed by atoms with Crippen molar-refractivity contribution in [2.75, 3.05) is 0 Å². The van der Waals surface area contributed by atoms with Gasteiger partial charge in [0.25, 0.3) is 5.89 Å². The lowest BCUT2D eigenvalue weighted by molar-refractivity contribution is -0.137. The van der Waals surface area contributed by atoms with Crippen molar-refractivity contribution in [3.8, 4) is 22.9 Å². The van der Waals surface area contributed by atoms with Gasteiger partial charge in [0.05, 0.1) is 11.8 Å². The highest BCUT2D eigenvalue weighted by atomic mass is 19.4. The van der Waals surface area contributed by atoms with Gasteiger partial charge < -0.3 is 8.94 Å². The largest absolute Gasteiger partial charge is 0.443 e. The average molecular weight is 375 g/mol. The van der Waals surface area contributed by atoms with Crippen molar-refractivity contribution in [1.29, 1.82) is 0 Å². The van der Waals surface area contributed by atoms with Crippen LogP contribution in [-0.4, -0.2) is 24.9 Å². The van der Waals surface area contributed by atoms with Crippen LogP contribution < -0.4 is 0 Å². The van der Waals surface area contributed by atoms with Crippen LogP contribution in [0.5, 0.6) is 0 Å². The second-order valence-electron chi connectivity index (χ2n) is 5.82. The SMILES string of the molecule is Cn1cc(Cc2noc(-c3ncoc3-c3cccc(C(F)(F)F)c3)n2)cn1. The van der Waals surface area contributed by atoms with Crippen molar-refractivity contribution in [2.24, 2.45) is 7.05 Å². The van der Waals surface area contributed by atoms with Crippen molar-refractivity contribution in [1.82, 2.24) is 24.9 Å². The lowest BCUT2D eigenvalue weighted by Crippen LogP contribution is -2.04. The number of alkyl halides is 3. The van der Waals surface area contributed by atoms with Gasteiger partial charge in [0.1, 0.15) is 0 Å². The highest BCUT2D eigenvalue weighted by Crippen LogP contribution is 2.35. The summed E-state index contributed by atoms with van der Waals surface area (Å²) in [6.45, 7) is 0. The monoisotopic (exact) mass is 375 g/mol. The molecule has 1 aromatic carbocycles. The van der Waals surface area contributed by atoms with Crippen molar-refractivity contribution in [3.63, 3.8) is 0 Å². The van der Waals surface area contributed by atoms with E-state index < -0.39 is 11.7 Å². The first kappa shape index (κ1) is 17.0. The van der Waals surface area contributed by atoms with Crippen LogP contribution in [0.15, 0.2) is 52.0 Å². The first-order chi connectivity index (χ1) is 12.9. The zero-order valence-electron chi connectivity index (χ0n) is 13.9. The maximum atomic E-state index is 13.0. The molecule has 138 valence electrons. The Bertz CT molecular complexity index is 1080. The second kappa shape index (κ2) is 6.38. The van der Waals surface area contributed by atoms with Gasteiger partial charge in [-0.3, -0.25) is 4.68 Å². The topological polar surface area (TPSA) is 82.8 Å². The van der Waals surface area contributed by atoms with E-state index >= 15 is 0 Å². The van der Waals surface area contributed by atoms with Crippen LogP contribution in [0.25, 0.3) is 22.9 Å². The fraction of sp³-hybridized carbons (Fsp3) is 0.176.